The number of piperidine rings is 1. The van der Waals surface area contributed by atoms with Gasteiger partial charge in [-0.3, -0.25) is 4.79 Å². The van der Waals surface area contributed by atoms with Gasteiger partial charge in [0.15, 0.2) is 6.10 Å². The van der Waals surface area contributed by atoms with E-state index in [9.17, 15) is 4.79 Å². The van der Waals surface area contributed by atoms with Gasteiger partial charge in [0.05, 0.1) is 5.69 Å². The van der Waals surface area contributed by atoms with Crippen molar-refractivity contribution in [2.24, 2.45) is 0 Å². The first-order valence-corrected chi connectivity index (χ1v) is 8.61. The monoisotopic (exact) mass is 340 g/mol. The molecule has 132 valence electrons. The molecule has 2 heterocycles. The molecular formula is C19H24N4O2. The van der Waals surface area contributed by atoms with Crippen LogP contribution in [0, 0.1) is 6.92 Å². The summed E-state index contributed by atoms with van der Waals surface area (Å²) in [5, 5.41) is 11.6. The highest BCUT2D eigenvalue weighted by Gasteiger charge is 2.29. The van der Waals surface area contributed by atoms with Gasteiger partial charge in [0.25, 0.3) is 5.91 Å². The SMILES string of the molecule is CO[C@@H](C(=O)N1CCC(Nc2ccc(C)nn2)CC1)c1ccccc1. The van der Waals surface area contributed by atoms with Crippen molar-refractivity contribution in [1.29, 1.82) is 0 Å². The molecule has 0 aliphatic carbocycles. The van der Waals surface area contributed by atoms with E-state index in [0.29, 0.717) is 19.1 Å². The number of hydrogen-bond donors (Lipinski definition) is 1. The van der Waals surface area contributed by atoms with Gasteiger partial charge in [-0.05, 0) is 37.5 Å². The Balaban J connectivity index is 1.56. The Morgan fingerprint density at radius 2 is 1.88 bits per heavy atom. The van der Waals surface area contributed by atoms with E-state index in [-0.39, 0.29) is 5.91 Å². The fourth-order valence-electron chi connectivity index (χ4n) is 3.10. The number of carbonyl (C=O) groups is 1. The molecular weight excluding hydrogens is 316 g/mol. The smallest absolute Gasteiger partial charge is 0.256 e. The molecule has 2 aromatic rings. The number of rotatable bonds is 5. The van der Waals surface area contributed by atoms with Crippen LogP contribution in [0.2, 0.25) is 0 Å². The second-order valence-electron chi connectivity index (χ2n) is 6.33. The summed E-state index contributed by atoms with van der Waals surface area (Å²) < 4.78 is 5.46. The first-order valence-electron chi connectivity index (χ1n) is 8.61. The Bertz CT molecular complexity index is 682. The van der Waals surface area contributed by atoms with E-state index >= 15 is 0 Å². The molecule has 1 fully saturated rings. The molecule has 6 nitrogen and oxygen atoms in total. The van der Waals surface area contributed by atoms with Crippen LogP contribution >= 0.6 is 0 Å². The molecule has 25 heavy (non-hydrogen) atoms. The van der Waals surface area contributed by atoms with Crippen LogP contribution < -0.4 is 5.32 Å². The van der Waals surface area contributed by atoms with Crippen molar-refractivity contribution in [3.63, 3.8) is 0 Å². The summed E-state index contributed by atoms with van der Waals surface area (Å²) >= 11 is 0. The summed E-state index contributed by atoms with van der Waals surface area (Å²) in [7, 11) is 1.58. The van der Waals surface area contributed by atoms with Gasteiger partial charge in [-0.1, -0.05) is 30.3 Å². The van der Waals surface area contributed by atoms with Gasteiger partial charge in [-0.15, -0.1) is 5.10 Å². The van der Waals surface area contributed by atoms with Gasteiger partial charge in [0.1, 0.15) is 5.82 Å². The highest BCUT2D eigenvalue weighted by atomic mass is 16.5. The van der Waals surface area contributed by atoms with Gasteiger partial charge in [0.2, 0.25) is 0 Å². The first kappa shape index (κ1) is 17.4. The van der Waals surface area contributed by atoms with E-state index < -0.39 is 6.10 Å². The summed E-state index contributed by atoms with van der Waals surface area (Å²) in [4.78, 5) is 14.7. The average Bonchev–Trinajstić information content (AvgIpc) is 2.66. The van der Waals surface area contributed by atoms with Crippen LogP contribution in [-0.4, -0.2) is 47.2 Å². The van der Waals surface area contributed by atoms with E-state index in [1.165, 1.54) is 0 Å². The molecule has 1 amide bonds. The van der Waals surface area contributed by atoms with E-state index in [1.807, 2.05) is 54.3 Å². The summed E-state index contributed by atoms with van der Waals surface area (Å²) in [5.74, 6) is 0.816. The molecule has 0 unspecified atom stereocenters. The minimum atomic E-state index is -0.534. The summed E-state index contributed by atoms with van der Waals surface area (Å²) in [6.07, 6.45) is 1.23. The molecule has 6 heteroatoms. The number of aromatic nitrogens is 2. The Morgan fingerprint density at radius 3 is 2.48 bits per heavy atom. The zero-order chi connectivity index (χ0) is 17.6. The lowest BCUT2D eigenvalue weighted by Crippen LogP contribution is -2.44. The predicted molar refractivity (Wildman–Crippen MR) is 96.2 cm³/mol. The molecule has 3 rings (SSSR count). The van der Waals surface area contributed by atoms with Gasteiger partial charge in [0, 0.05) is 26.2 Å². The minimum absolute atomic E-state index is 0.0299. The van der Waals surface area contributed by atoms with Crippen molar-refractivity contribution in [3.8, 4) is 0 Å². The first-order chi connectivity index (χ1) is 12.2. The van der Waals surface area contributed by atoms with Crippen LogP contribution in [0.3, 0.4) is 0 Å². The van der Waals surface area contributed by atoms with Crippen LogP contribution in [-0.2, 0) is 9.53 Å². The fraction of sp³-hybridized carbons (Fsp3) is 0.421. The Morgan fingerprint density at radius 1 is 1.16 bits per heavy atom. The normalized spacial score (nSPS) is 16.5. The fourth-order valence-corrected chi connectivity index (χ4v) is 3.10. The largest absolute Gasteiger partial charge is 0.367 e. The minimum Gasteiger partial charge on any atom is -0.367 e. The predicted octanol–water partition coefficient (Wildman–Crippen LogP) is 2.58. The van der Waals surface area contributed by atoms with Crippen molar-refractivity contribution >= 4 is 11.7 Å². The summed E-state index contributed by atoms with van der Waals surface area (Å²) in [6.45, 7) is 3.34. The van der Waals surface area contributed by atoms with Crippen molar-refractivity contribution < 1.29 is 9.53 Å². The number of likely N-dealkylation sites (tertiary alicyclic amines) is 1. The Hall–Kier alpha value is -2.47. The van der Waals surface area contributed by atoms with Crippen molar-refractivity contribution in [2.75, 3.05) is 25.5 Å². The molecule has 1 saturated heterocycles. The lowest BCUT2D eigenvalue weighted by Gasteiger charge is -2.34. The molecule has 1 aliphatic heterocycles. The third kappa shape index (κ3) is 4.33. The van der Waals surface area contributed by atoms with Crippen LogP contribution in [0.1, 0.15) is 30.2 Å². The number of carbonyl (C=O) groups excluding carboxylic acids is 1. The van der Waals surface area contributed by atoms with Crippen molar-refractivity contribution in [2.45, 2.75) is 31.9 Å². The highest BCUT2D eigenvalue weighted by molar-refractivity contribution is 5.82. The number of ether oxygens (including phenoxy) is 1. The van der Waals surface area contributed by atoms with Gasteiger partial charge in [-0.25, -0.2) is 0 Å². The maximum atomic E-state index is 12.8. The standard InChI is InChI=1S/C19H24N4O2/c1-14-8-9-17(22-21-14)20-16-10-12-23(13-11-16)19(24)18(25-2)15-6-4-3-5-7-15/h3-9,16,18H,10-13H2,1-2H3,(H,20,22)/t18-/m1/s1. The third-order valence-corrected chi connectivity index (χ3v) is 4.52. The summed E-state index contributed by atoms with van der Waals surface area (Å²) in [6, 6.07) is 13.8. The zero-order valence-corrected chi connectivity index (χ0v) is 14.7. The number of nitrogens with one attached hydrogen (secondary N) is 1. The molecule has 1 aromatic heterocycles. The molecule has 1 aliphatic rings. The highest BCUT2D eigenvalue weighted by Crippen LogP contribution is 2.22. The van der Waals surface area contributed by atoms with E-state index in [4.69, 9.17) is 4.74 Å². The van der Waals surface area contributed by atoms with Crippen LogP contribution in [0.5, 0.6) is 0 Å². The molecule has 1 aromatic carbocycles. The quantitative estimate of drug-likeness (QED) is 0.906. The van der Waals surface area contributed by atoms with Crippen LogP contribution in [0.25, 0.3) is 0 Å². The average molecular weight is 340 g/mol. The number of amides is 1. The topological polar surface area (TPSA) is 67.3 Å². The number of methoxy groups -OCH3 is 1. The van der Waals surface area contributed by atoms with Crippen molar-refractivity contribution in [1.82, 2.24) is 15.1 Å². The number of hydrogen-bond acceptors (Lipinski definition) is 5. The maximum absolute atomic E-state index is 12.8. The second kappa shape index (κ2) is 8.07. The van der Waals surface area contributed by atoms with Gasteiger partial charge in [-0.2, -0.15) is 5.10 Å². The lowest BCUT2D eigenvalue weighted by molar-refractivity contribution is -0.143. The molecule has 1 N–H and O–H groups in total. The molecule has 0 spiro atoms. The number of benzene rings is 1. The van der Waals surface area contributed by atoms with E-state index in [0.717, 1.165) is 29.9 Å². The van der Waals surface area contributed by atoms with Crippen LogP contribution in [0.4, 0.5) is 5.82 Å². The molecule has 0 saturated carbocycles. The van der Waals surface area contributed by atoms with E-state index in [1.54, 1.807) is 7.11 Å². The second-order valence-corrected chi connectivity index (χ2v) is 6.33. The third-order valence-electron chi connectivity index (χ3n) is 4.52. The number of nitrogens with zero attached hydrogens (tertiary/aromatic N) is 3. The molecule has 1 atom stereocenters. The van der Waals surface area contributed by atoms with Gasteiger partial charge >= 0.3 is 0 Å². The summed E-state index contributed by atoms with van der Waals surface area (Å²) in [5.41, 5.74) is 1.79. The van der Waals surface area contributed by atoms with Crippen LogP contribution in [0.15, 0.2) is 42.5 Å². The van der Waals surface area contributed by atoms with Crippen molar-refractivity contribution in [3.05, 3.63) is 53.7 Å². The maximum Gasteiger partial charge on any atom is 0.256 e. The number of aryl methyl sites for hydroxylation is 1. The zero-order valence-electron chi connectivity index (χ0n) is 14.7. The number of anilines is 1. The Labute approximate surface area is 148 Å². The molecule has 0 bridgehead atoms. The molecule has 0 radical (unpaired) electrons. The van der Waals surface area contributed by atoms with E-state index in [2.05, 4.69) is 15.5 Å². The Kier molecular flexibility index (Phi) is 5.60. The van der Waals surface area contributed by atoms with Gasteiger partial charge < -0.3 is 15.0 Å². The lowest BCUT2D eigenvalue weighted by atomic mass is 10.0.